The summed E-state index contributed by atoms with van der Waals surface area (Å²) < 4.78 is 2.77. The lowest BCUT2D eigenvalue weighted by Crippen LogP contribution is -2.56. The molecular formula is C13H20BrN3O. The van der Waals surface area contributed by atoms with Gasteiger partial charge in [-0.1, -0.05) is 6.92 Å². The van der Waals surface area contributed by atoms with Crippen LogP contribution in [0, 0.1) is 5.92 Å². The number of hydrogen-bond acceptors (Lipinski definition) is 2. The molecule has 1 aliphatic rings. The molecule has 0 radical (unpaired) electrons. The van der Waals surface area contributed by atoms with E-state index in [1.807, 2.05) is 23.9 Å². The number of rotatable bonds is 2. The van der Waals surface area contributed by atoms with E-state index < -0.39 is 0 Å². The van der Waals surface area contributed by atoms with Gasteiger partial charge in [-0.25, -0.2) is 0 Å². The Morgan fingerprint density at radius 1 is 1.56 bits per heavy atom. The Morgan fingerprint density at radius 3 is 2.83 bits per heavy atom. The highest BCUT2D eigenvalue weighted by Gasteiger charge is 2.29. The molecule has 3 unspecified atom stereocenters. The Kier molecular flexibility index (Phi) is 4.12. The summed E-state index contributed by atoms with van der Waals surface area (Å²) in [5.41, 5.74) is 0.687. The molecule has 3 atom stereocenters. The summed E-state index contributed by atoms with van der Waals surface area (Å²) in [4.78, 5) is 12.3. The van der Waals surface area contributed by atoms with E-state index >= 15 is 0 Å². The Balaban J connectivity index is 2.08. The van der Waals surface area contributed by atoms with Gasteiger partial charge in [-0.05, 0) is 47.8 Å². The number of carbonyl (C=O) groups excluding carboxylic acids is 1. The Bertz CT molecular complexity index is 433. The molecular weight excluding hydrogens is 294 g/mol. The van der Waals surface area contributed by atoms with Gasteiger partial charge < -0.3 is 15.2 Å². The number of nitrogens with one attached hydrogen (secondary N) is 2. The van der Waals surface area contributed by atoms with Gasteiger partial charge in [-0.3, -0.25) is 4.79 Å². The second-order valence-corrected chi connectivity index (χ2v) is 6.08. The monoisotopic (exact) mass is 313 g/mol. The molecule has 0 spiro atoms. The first-order chi connectivity index (χ1) is 8.49. The second-order valence-electron chi connectivity index (χ2n) is 5.16. The second kappa shape index (κ2) is 5.45. The van der Waals surface area contributed by atoms with E-state index in [-0.39, 0.29) is 11.9 Å². The Labute approximate surface area is 116 Å². The van der Waals surface area contributed by atoms with E-state index in [0.29, 0.717) is 17.7 Å². The van der Waals surface area contributed by atoms with Crippen molar-refractivity contribution in [3.8, 4) is 0 Å². The average molecular weight is 314 g/mol. The summed E-state index contributed by atoms with van der Waals surface area (Å²) >= 11 is 3.39. The van der Waals surface area contributed by atoms with Crippen LogP contribution in [-0.2, 0) is 7.05 Å². The first-order valence-corrected chi connectivity index (χ1v) is 7.14. The minimum atomic E-state index is -0.00407. The number of carbonyl (C=O) groups is 1. The third-order valence-corrected chi connectivity index (χ3v) is 4.15. The van der Waals surface area contributed by atoms with E-state index in [0.717, 1.165) is 17.4 Å². The van der Waals surface area contributed by atoms with Crippen LogP contribution in [0.3, 0.4) is 0 Å². The normalized spacial score (nSPS) is 28.1. The third kappa shape index (κ3) is 2.78. The number of halogens is 1. The molecule has 100 valence electrons. The molecule has 2 N–H and O–H groups in total. The van der Waals surface area contributed by atoms with Crippen molar-refractivity contribution in [1.29, 1.82) is 0 Å². The molecule has 0 saturated carbocycles. The molecule has 1 fully saturated rings. The quantitative estimate of drug-likeness (QED) is 0.876. The summed E-state index contributed by atoms with van der Waals surface area (Å²) in [7, 11) is 1.88. The molecule has 1 saturated heterocycles. The fraction of sp³-hybridized carbons (Fsp3) is 0.615. The van der Waals surface area contributed by atoms with Crippen LogP contribution >= 0.6 is 15.9 Å². The van der Waals surface area contributed by atoms with Crippen molar-refractivity contribution >= 4 is 21.8 Å². The van der Waals surface area contributed by atoms with Crippen LogP contribution in [-0.4, -0.2) is 29.1 Å². The summed E-state index contributed by atoms with van der Waals surface area (Å²) in [5, 5.41) is 6.55. The highest BCUT2D eigenvalue weighted by atomic mass is 79.9. The highest BCUT2D eigenvalue weighted by Crippen LogP contribution is 2.18. The number of nitrogens with zero attached hydrogens (tertiary/aromatic N) is 1. The van der Waals surface area contributed by atoms with E-state index in [1.54, 1.807) is 0 Å². The molecule has 1 aliphatic heterocycles. The van der Waals surface area contributed by atoms with Gasteiger partial charge in [0.05, 0.1) is 0 Å². The number of amides is 1. The number of hydrogen-bond donors (Lipinski definition) is 2. The van der Waals surface area contributed by atoms with Crippen LogP contribution in [0.25, 0.3) is 0 Å². The van der Waals surface area contributed by atoms with Crippen molar-refractivity contribution in [3.05, 3.63) is 22.4 Å². The van der Waals surface area contributed by atoms with Crippen LogP contribution < -0.4 is 10.6 Å². The van der Waals surface area contributed by atoms with Crippen LogP contribution in [0.2, 0.25) is 0 Å². The van der Waals surface area contributed by atoms with Crippen LogP contribution in [0.5, 0.6) is 0 Å². The lowest BCUT2D eigenvalue weighted by molar-refractivity contribution is 0.0889. The highest BCUT2D eigenvalue weighted by molar-refractivity contribution is 9.10. The first-order valence-electron chi connectivity index (χ1n) is 6.35. The average Bonchev–Trinajstić information content (AvgIpc) is 2.63. The minimum absolute atomic E-state index is 0.00407. The standard InChI is InChI=1S/C13H20BrN3O/c1-8-4-5-15-9(2)12(8)16-13(18)11-6-10(14)7-17(11)3/h6-9,12,15H,4-5H2,1-3H3,(H,16,18). The van der Waals surface area contributed by atoms with Gasteiger partial charge in [0.2, 0.25) is 0 Å². The van der Waals surface area contributed by atoms with Crippen molar-refractivity contribution in [2.45, 2.75) is 32.4 Å². The molecule has 0 bridgehead atoms. The van der Waals surface area contributed by atoms with Gasteiger partial charge >= 0.3 is 0 Å². The number of aromatic nitrogens is 1. The maximum atomic E-state index is 12.3. The third-order valence-electron chi connectivity index (χ3n) is 3.72. The van der Waals surface area contributed by atoms with E-state index in [2.05, 4.69) is 40.4 Å². The topological polar surface area (TPSA) is 46.1 Å². The fourth-order valence-electron chi connectivity index (χ4n) is 2.58. The lowest BCUT2D eigenvalue weighted by atomic mass is 9.89. The molecule has 0 aliphatic carbocycles. The molecule has 4 nitrogen and oxygen atoms in total. The predicted octanol–water partition coefficient (Wildman–Crippen LogP) is 1.90. The van der Waals surface area contributed by atoms with Crippen LogP contribution in [0.1, 0.15) is 30.8 Å². The molecule has 18 heavy (non-hydrogen) atoms. The molecule has 0 aromatic carbocycles. The summed E-state index contributed by atoms with van der Waals surface area (Å²) in [6.45, 7) is 5.36. The summed E-state index contributed by atoms with van der Waals surface area (Å²) in [5.74, 6) is 0.504. The van der Waals surface area contributed by atoms with E-state index in [1.165, 1.54) is 0 Å². The van der Waals surface area contributed by atoms with Crippen molar-refractivity contribution < 1.29 is 4.79 Å². The van der Waals surface area contributed by atoms with Crippen molar-refractivity contribution in [1.82, 2.24) is 15.2 Å². The molecule has 1 aromatic rings. The van der Waals surface area contributed by atoms with Gasteiger partial charge in [0.25, 0.3) is 5.91 Å². The van der Waals surface area contributed by atoms with E-state index in [4.69, 9.17) is 0 Å². The van der Waals surface area contributed by atoms with Gasteiger partial charge in [0, 0.05) is 29.8 Å². The Hall–Kier alpha value is -0.810. The maximum Gasteiger partial charge on any atom is 0.268 e. The minimum Gasteiger partial charge on any atom is -0.346 e. The molecule has 2 heterocycles. The summed E-state index contributed by atoms with van der Waals surface area (Å²) in [6.07, 6.45) is 2.99. The zero-order valence-corrected chi connectivity index (χ0v) is 12.6. The Morgan fingerprint density at radius 2 is 2.28 bits per heavy atom. The van der Waals surface area contributed by atoms with Gasteiger partial charge in [-0.2, -0.15) is 0 Å². The van der Waals surface area contributed by atoms with E-state index in [9.17, 15) is 4.79 Å². The first kappa shape index (κ1) is 13.6. The van der Waals surface area contributed by atoms with Gasteiger partial charge in [0.15, 0.2) is 0 Å². The molecule has 1 aromatic heterocycles. The SMILES string of the molecule is CC1CCNC(C)C1NC(=O)c1cc(Br)cn1C. The molecule has 2 rings (SSSR count). The van der Waals surface area contributed by atoms with Crippen molar-refractivity contribution in [2.24, 2.45) is 13.0 Å². The maximum absolute atomic E-state index is 12.3. The lowest BCUT2D eigenvalue weighted by Gasteiger charge is -2.36. The van der Waals surface area contributed by atoms with Crippen molar-refractivity contribution in [2.75, 3.05) is 6.54 Å². The fourth-order valence-corrected chi connectivity index (χ4v) is 3.10. The largest absolute Gasteiger partial charge is 0.346 e. The zero-order valence-electron chi connectivity index (χ0n) is 11.0. The number of piperidine rings is 1. The zero-order chi connectivity index (χ0) is 13.3. The smallest absolute Gasteiger partial charge is 0.268 e. The van der Waals surface area contributed by atoms with Crippen molar-refractivity contribution in [3.63, 3.8) is 0 Å². The summed E-state index contributed by atoms with van der Waals surface area (Å²) in [6, 6.07) is 2.36. The van der Waals surface area contributed by atoms with Crippen LogP contribution in [0.15, 0.2) is 16.7 Å². The van der Waals surface area contributed by atoms with Gasteiger partial charge in [0.1, 0.15) is 5.69 Å². The number of aryl methyl sites for hydroxylation is 1. The molecule has 5 heteroatoms. The molecule has 1 amide bonds. The van der Waals surface area contributed by atoms with Gasteiger partial charge in [-0.15, -0.1) is 0 Å². The predicted molar refractivity (Wildman–Crippen MR) is 75.6 cm³/mol. The van der Waals surface area contributed by atoms with Crippen LogP contribution in [0.4, 0.5) is 0 Å².